The van der Waals surface area contributed by atoms with Gasteiger partial charge in [0.2, 0.25) is 0 Å². The van der Waals surface area contributed by atoms with Gasteiger partial charge in [0.05, 0.1) is 6.54 Å². The molecule has 0 aliphatic carbocycles. The van der Waals surface area contributed by atoms with E-state index < -0.39 is 12.7 Å². The van der Waals surface area contributed by atoms with E-state index in [4.69, 9.17) is 0 Å². The highest BCUT2D eigenvalue weighted by molar-refractivity contribution is 7.08. The molecule has 1 aliphatic rings. The summed E-state index contributed by atoms with van der Waals surface area (Å²) < 4.78 is 39.6. The number of hydrogen-bond donors (Lipinski definition) is 0. The normalized spacial score (nSPS) is 17.0. The Kier molecular flexibility index (Phi) is 4.53. The van der Waals surface area contributed by atoms with Gasteiger partial charge in [-0.3, -0.25) is 4.90 Å². The van der Waals surface area contributed by atoms with Gasteiger partial charge in [-0.15, -0.1) is 15.3 Å². The van der Waals surface area contributed by atoms with Gasteiger partial charge in [0.15, 0.2) is 11.5 Å². The number of nitrogens with zero attached hydrogens (tertiary/aromatic N) is 6. The molecule has 138 valence electrons. The zero-order chi connectivity index (χ0) is 18.1. The molecule has 3 aromatic heterocycles. The van der Waals surface area contributed by atoms with Crippen molar-refractivity contribution in [1.29, 1.82) is 0 Å². The average molecular weight is 382 g/mol. The van der Waals surface area contributed by atoms with Crippen LogP contribution in [0.2, 0.25) is 0 Å². The summed E-state index contributed by atoms with van der Waals surface area (Å²) in [5, 5.41) is 16.9. The van der Waals surface area contributed by atoms with Gasteiger partial charge < -0.3 is 4.90 Å². The van der Waals surface area contributed by atoms with Crippen LogP contribution in [0.5, 0.6) is 0 Å². The van der Waals surface area contributed by atoms with E-state index >= 15 is 0 Å². The molecule has 0 radical (unpaired) electrons. The Balaban J connectivity index is 1.56. The maximum atomic E-state index is 12.6. The van der Waals surface area contributed by atoms with Gasteiger partial charge in [-0.2, -0.15) is 29.0 Å². The molecule has 0 unspecified atom stereocenters. The molecule has 10 heteroatoms. The predicted octanol–water partition coefficient (Wildman–Crippen LogP) is 2.93. The smallest absolute Gasteiger partial charge is 0.354 e. The maximum absolute atomic E-state index is 12.6. The molecule has 0 spiro atoms. The fourth-order valence-corrected chi connectivity index (χ4v) is 3.77. The fourth-order valence-electron chi connectivity index (χ4n) is 3.13. The first-order valence-corrected chi connectivity index (χ1v) is 9.23. The van der Waals surface area contributed by atoms with E-state index in [1.807, 2.05) is 33.9 Å². The lowest BCUT2D eigenvalue weighted by Gasteiger charge is -2.23. The lowest BCUT2D eigenvalue weighted by molar-refractivity contribution is -0.145. The van der Waals surface area contributed by atoms with Crippen molar-refractivity contribution in [1.82, 2.24) is 24.7 Å². The van der Waals surface area contributed by atoms with Crippen molar-refractivity contribution in [2.24, 2.45) is 0 Å². The van der Waals surface area contributed by atoms with Crippen LogP contribution in [-0.2, 0) is 0 Å². The molecule has 26 heavy (non-hydrogen) atoms. The third kappa shape index (κ3) is 3.65. The summed E-state index contributed by atoms with van der Waals surface area (Å²) in [7, 11) is 0. The first-order chi connectivity index (χ1) is 12.5. The third-order valence-corrected chi connectivity index (χ3v) is 5.03. The number of hydrogen-bond acceptors (Lipinski definition) is 6. The Hall–Kier alpha value is -2.20. The number of rotatable bonds is 3. The van der Waals surface area contributed by atoms with Gasteiger partial charge in [-0.1, -0.05) is 0 Å². The first kappa shape index (κ1) is 17.2. The average Bonchev–Trinajstić information content (AvgIpc) is 3.19. The molecule has 1 saturated heterocycles. The summed E-state index contributed by atoms with van der Waals surface area (Å²) in [4.78, 5) is 3.47. The van der Waals surface area contributed by atoms with E-state index in [-0.39, 0.29) is 0 Å². The Bertz CT molecular complexity index is 876. The van der Waals surface area contributed by atoms with Gasteiger partial charge in [-0.05, 0) is 30.0 Å². The number of fused-ring (bicyclic) bond motifs is 1. The van der Waals surface area contributed by atoms with E-state index in [0.717, 1.165) is 11.4 Å². The van der Waals surface area contributed by atoms with Crippen LogP contribution < -0.4 is 4.90 Å². The maximum Gasteiger partial charge on any atom is 0.401 e. The van der Waals surface area contributed by atoms with Crippen LogP contribution in [-0.4, -0.2) is 63.6 Å². The van der Waals surface area contributed by atoms with Crippen molar-refractivity contribution in [2.45, 2.75) is 12.6 Å². The van der Waals surface area contributed by atoms with Crippen molar-refractivity contribution in [3.05, 3.63) is 29.0 Å². The molecule has 6 nitrogen and oxygen atoms in total. The second-order valence-corrected chi connectivity index (χ2v) is 7.01. The molecule has 0 aromatic carbocycles. The summed E-state index contributed by atoms with van der Waals surface area (Å²) >= 11 is 1.57. The zero-order valence-corrected chi connectivity index (χ0v) is 14.7. The molecular weight excluding hydrogens is 365 g/mol. The Morgan fingerprint density at radius 3 is 2.69 bits per heavy atom. The Labute approximate surface area is 151 Å². The van der Waals surface area contributed by atoms with Gasteiger partial charge in [0.1, 0.15) is 5.82 Å². The largest absolute Gasteiger partial charge is 0.401 e. The minimum Gasteiger partial charge on any atom is -0.354 e. The number of aromatic nitrogens is 4. The van der Waals surface area contributed by atoms with E-state index in [0.29, 0.717) is 44.1 Å². The van der Waals surface area contributed by atoms with Crippen molar-refractivity contribution in [3.8, 4) is 11.4 Å². The SMILES string of the molecule is FC(F)(F)CN1CCCN(c2ccc3nnc(-c4ccsc4)n3n2)CC1. The van der Waals surface area contributed by atoms with Gasteiger partial charge in [0, 0.05) is 37.1 Å². The molecule has 1 aliphatic heterocycles. The van der Waals surface area contributed by atoms with Crippen molar-refractivity contribution >= 4 is 22.8 Å². The summed E-state index contributed by atoms with van der Waals surface area (Å²) in [5.41, 5.74) is 1.59. The highest BCUT2D eigenvalue weighted by Crippen LogP contribution is 2.23. The third-order valence-electron chi connectivity index (χ3n) is 4.34. The van der Waals surface area contributed by atoms with Crippen LogP contribution in [0.1, 0.15) is 6.42 Å². The molecule has 4 heterocycles. The quantitative estimate of drug-likeness (QED) is 0.697. The molecular formula is C16H17F3N6S. The minimum absolute atomic E-state index is 0.360. The van der Waals surface area contributed by atoms with Crippen LogP contribution in [0.4, 0.5) is 19.0 Å². The second-order valence-electron chi connectivity index (χ2n) is 6.23. The van der Waals surface area contributed by atoms with Gasteiger partial charge in [-0.25, -0.2) is 0 Å². The topological polar surface area (TPSA) is 49.6 Å². The highest BCUT2D eigenvalue weighted by Gasteiger charge is 2.31. The Morgan fingerprint density at radius 1 is 1.04 bits per heavy atom. The summed E-state index contributed by atoms with van der Waals surface area (Å²) in [6, 6.07) is 5.64. The fraction of sp³-hybridized carbons (Fsp3) is 0.438. The van der Waals surface area contributed by atoms with Crippen LogP contribution in [0.25, 0.3) is 17.0 Å². The van der Waals surface area contributed by atoms with E-state index in [1.54, 1.807) is 15.9 Å². The van der Waals surface area contributed by atoms with E-state index in [9.17, 15) is 13.2 Å². The minimum atomic E-state index is -4.16. The monoisotopic (exact) mass is 382 g/mol. The molecule has 0 saturated carbocycles. The number of alkyl halides is 3. The molecule has 0 amide bonds. The van der Waals surface area contributed by atoms with Crippen LogP contribution >= 0.6 is 11.3 Å². The predicted molar refractivity (Wildman–Crippen MR) is 93.4 cm³/mol. The lowest BCUT2D eigenvalue weighted by atomic mass is 10.3. The molecule has 0 N–H and O–H groups in total. The molecule has 1 fully saturated rings. The highest BCUT2D eigenvalue weighted by atomic mass is 32.1. The standard InChI is InChI=1S/C16H17F3N6S/c17-16(18,19)11-23-5-1-6-24(8-7-23)14-3-2-13-20-21-15(25(13)22-14)12-4-9-26-10-12/h2-4,9-10H,1,5-8,11H2. The lowest BCUT2D eigenvalue weighted by Crippen LogP contribution is -2.37. The Morgan fingerprint density at radius 2 is 1.92 bits per heavy atom. The summed E-state index contributed by atoms with van der Waals surface area (Å²) in [6.45, 7) is 1.11. The van der Waals surface area contributed by atoms with E-state index in [1.165, 1.54) is 4.90 Å². The van der Waals surface area contributed by atoms with Gasteiger partial charge in [0.25, 0.3) is 0 Å². The van der Waals surface area contributed by atoms with Gasteiger partial charge >= 0.3 is 6.18 Å². The van der Waals surface area contributed by atoms with Crippen molar-refractivity contribution in [2.75, 3.05) is 37.6 Å². The molecule has 3 aromatic rings. The van der Waals surface area contributed by atoms with Crippen molar-refractivity contribution in [3.63, 3.8) is 0 Å². The number of anilines is 1. The van der Waals surface area contributed by atoms with Crippen LogP contribution in [0.3, 0.4) is 0 Å². The number of thiophene rings is 1. The van der Waals surface area contributed by atoms with Crippen LogP contribution in [0, 0.1) is 0 Å². The molecule has 4 rings (SSSR count). The van der Waals surface area contributed by atoms with Crippen molar-refractivity contribution < 1.29 is 13.2 Å². The van der Waals surface area contributed by atoms with E-state index in [2.05, 4.69) is 15.3 Å². The molecule has 0 bridgehead atoms. The second kappa shape index (κ2) is 6.84. The molecule has 0 atom stereocenters. The zero-order valence-electron chi connectivity index (χ0n) is 13.9. The first-order valence-electron chi connectivity index (χ1n) is 8.29. The van der Waals surface area contributed by atoms with Crippen LogP contribution in [0.15, 0.2) is 29.0 Å². The summed E-state index contributed by atoms with van der Waals surface area (Å²) in [6.07, 6.45) is -3.50. The summed E-state index contributed by atoms with van der Waals surface area (Å²) in [5.74, 6) is 1.39. The number of halogens is 3.